The van der Waals surface area contributed by atoms with Crippen molar-refractivity contribution in [3.8, 4) is 10.7 Å². The first-order valence-corrected chi connectivity index (χ1v) is 7.57. The van der Waals surface area contributed by atoms with E-state index in [0.29, 0.717) is 6.04 Å². The smallest absolute Gasteiger partial charge is 0.142 e. The molecule has 2 aromatic rings. The fraction of sp³-hybridized carbons (Fsp3) is 0.467. The van der Waals surface area contributed by atoms with Crippen molar-refractivity contribution in [2.45, 2.75) is 40.2 Å². The Labute approximate surface area is 119 Å². The Balaban J connectivity index is 2.23. The SMILES string of the molecule is CCCNC(C)c1sc(-c2ccc(C)cn2)nc1C. The van der Waals surface area contributed by atoms with Crippen LogP contribution in [-0.2, 0) is 0 Å². The van der Waals surface area contributed by atoms with Gasteiger partial charge in [0.15, 0.2) is 0 Å². The number of hydrogen-bond acceptors (Lipinski definition) is 4. The standard InChI is InChI=1S/C15H21N3S/c1-5-8-16-11(3)14-12(4)18-15(19-14)13-7-6-10(2)9-17-13/h6-7,9,11,16H,5,8H2,1-4H3. The number of nitrogens with one attached hydrogen (secondary N) is 1. The highest BCUT2D eigenvalue weighted by Crippen LogP contribution is 2.30. The lowest BCUT2D eigenvalue weighted by molar-refractivity contribution is 0.575. The summed E-state index contributed by atoms with van der Waals surface area (Å²) in [6, 6.07) is 4.48. The molecule has 1 N–H and O–H groups in total. The summed E-state index contributed by atoms with van der Waals surface area (Å²) < 4.78 is 0. The summed E-state index contributed by atoms with van der Waals surface area (Å²) in [4.78, 5) is 10.4. The highest BCUT2D eigenvalue weighted by atomic mass is 32.1. The Morgan fingerprint density at radius 3 is 2.74 bits per heavy atom. The minimum Gasteiger partial charge on any atom is -0.309 e. The van der Waals surface area contributed by atoms with Crippen LogP contribution < -0.4 is 5.32 Å². The Hall–Kier alpha value is -1.26. The van der Waals surface area contributed by atoms with Crippen LogP contribution in [0.4, 0.5) is 0 Å². The third-order valence-corrected chi connectivity index (χ3v) is 4.42. The summed E-state index contributed by atoms with van der Waals surface area (Å²) in [5.74, 6) is 0. The molecule has 0 spiro atoms. The van der Waals surface area contributed by atoms with Crippen molar-refractivity contribution >= 4 is 11.3 Å². The second kappa shape index (κ2) is 6.26. The molecule has 1 atom stereocenters. The number of hydrogen-bond donors (Lipinski definition) is 1. The lowest BCUT2D eigenvalue weighted by Gasteiger charge is -2.11. The van der Waals surface area contributed by atoms with Gasteiger partial charge in [0.1, 0.15) is 5.01 Å². The molecule has 0 saturated carbocycles. The van der Waals surface area contributed by atoms with E-state index in [9.17, 15) is 0 Å². The van der Waals surface area contributed by atoms with E-state index in [0.717, 1.165) is 29.4 Å². The molecule has 3 nitrogen and oxygen atoms in total. The van der Waals surface area contributed by atoms with E-state index < -0.39 is 0 Å². The van der Waals surface area contributed by atoms with E-state index in [4.69, 9.17) is 0 Å². The number of rotatable bonds is 5. The molecule has 0 saturated heterocycles. The number of aryl methyl sites for hydroxylation is 2. The van der Waals surface area contributed by atoms with Gasteiger partial charge in [-0.25, -0.2) is 4.98 Å². The van der Waals surface area contributed by atoms with E-state index in [1.54, 1.807) is 11.3 Å². The van der Waals surface area contributed by atoms with Gasteiger partial charge in [0.25, 0.3) is 0 Å². The van der Waals surface area contributed by atoms with Crippen LogP contribution in [0.2, 0.25) is 0 Å². The van der Waals surface area contributed by atoms with Crippen molar-refractivity contribution < 1.29 is 0 Å². The van der Waals surface area contributed by atoms with Gasteiger partial charge in [-0.1, -0.05) is 13.0 Å². The molecule has 0 aliphatic heterocycles. The highest BCUT2D eigenvalue weighted by molar-refractivity contribution is 7.15. The van der Waals surface area contributed by atoms with Crippen molar-refractivity contribution in [1.29, 1.82) is 0 Å². The molecule has 0 bridgehead atoms. The molecule has 0 radical (unpaired) electrons. The van der Waals surface area contributed by atoms with Crippen molar-refractivity contribution in [1.82, 2.24) is 15.3 Å². The number of aromatic nitrogens is 2. The minimum absolute atomic E-state index is 0.358. The number of thiazole rings is 1. The zero-order valence-electron chi connectivity index (χ0n) is 12.0. The van der Waals surface area contributed by atoms with Gasteiger partial charge in [-0.2, -0.15) is 0 Å². The van der Waals surface area contributed by atoms with Gasteiger partial charge in [-0.3, -0.25) is 4.98 Å². The predicted octanol–water partition coefficient (Wildman–Crippen LogP) is 3.88. The van der Waals surface area contributed by atoms with E-state index in [1.807, 2.05) is 19.2 Å². The molecule has 2 rings (SSSR count). The van der Waals surface area contributed by atoms with Gasteiger partial charge < -0.3 is 5.32 Å². The normalized spacial score (nSPS) is 12.6. The van der Waals surface area contributed by atoms with E-state index in [2.05, 4.69) is 42.1 Å². The Morgan fingerprint density at radius 2 is 2.11 bits per heavy atom. The molecular formula is C15H21N3S. The summed E-state index contributed by atoms with van der Waals surface area (Å²) >= 11 is 1.74. The lowest BCUT2D eigenvalue weighted by Crippen LogP contribution is -2.18. The largest absolute Gasteiger partial charge is 0.309 e. The van der Waals surface area contributed by atoms with E-state index >= 15 is 0 Å². The van der Waals surface area contributed by atoms with Crippen LogP contribution in [0.3, 0.4) is 0 Å². The Bertz CT molecular complexity index is 531. The maximum Gasteiger partial charge on any atom is 0.142 e. The molecule has 0 aromatic carbocycles. The van der Waals surface area contributed by atoms with Gasteiger partial charge in [0, 0.05) is 17.1 Å². The van der Waals surface area contributed by atoms with Gasteiger partial charge in [0.05, 0.1) is 11.4 Å². The third-order valence-electron chi connectivity index (χ3n) is 3.06. The maximum absolute atomic E-state index is 4.66. The van der Waals surface area contributed by atoms with Crippen LogP contribution in [0.15, 0.2) is 18.3 Å². The van der Waals surface area contributed by atoms with Gasteiger partial charge >= 0.3 is 0 Å². The Morgan fingerprint density at radius 1 is 1.32 bits per heavy atom. The zero-order valence-corrected chi connectivity index (χ0v) is 12.8. The summed E-state index contributed by atoms with van der Waals surface area (Å²) in [6.45, 7) is 9.54. The lowest BCUT2D eigenvalue weighted by atomic mass is 10.2. The number of pyridine rings is 1. The monoisotopic (exact) mass is 275 g/mol. The molecule has 19 heavy (non-hydrogen) atoms. The quantitative estimate of drug-likeness (QED) is 0.899. The van der Waals surface area contributed by atoms with E-state index in [1.165, 1.54) is 10.4 Å². The molecule has 102 valence electrons. The van der Waals surface area contributed by atoms with E-state index in [-0.39, 0.29) is 0 Å². The molecule has 1 unspecified atom stereocenters. The van der Waals surface area contributed by atoms with Crippen molar-refractivity contribution in [3.05, 3.63) is 34.5 Å². The van der Waals surface area contributed by atoms with Gasteiger partial charge in [-0.05, 0) is 45.4 Å². The van der Waals surface area contributed by atoms with Crippen LogP contribution in [0.25, 0.3) is 10.7 Å². The average Bonchev–Trinajstić information content (AvgIpc) is 2.79. The molecule has 0 aliphatic carbocycles. The zero-order chi connectivity index (χ0) is 13.8. The second-order valence-corrected chi connectivity index (χ2v) is 5.90. The first-order valence-electron chi connectivity index (χ1n) is 6.75. The summed E-state index contributed by atoms with van der Waals surface area (Å²) in [5.41, 5.74) is 3.25. The molecule has 0 aliphatic rings. The van der Waals surface area contributed by atoms with Gasteiger partial charge in [0.2, 0.25) is 0 Å². The Kier molecular flexibility index (Phi) is 4.66. The second-order valence-electron chi connectivity index (χ2n) is 4.87. The fourth-order valence-corrected chi connectivity index (χ4v) is 3.04. The summed E-state index contributed by atoms with van der Waals surface area (Å²) in [6.07, 6.45) is 3.04. The molecule has 4 heteroatoms. The van der Waals surface area contributed by atoms with Crippen molar-refractivity contribution in [3.63, 3.8) is 0 Å². The first-order chi connectivity index (χ1) is 9.11. The van der Waals surface area contributed by atoms with Crippen LogP contribution >= 0.6 is 11.3 Å². The average molecular weight is 275 g/mol. The molecule has 2 aromatic heterocycles. The first kappa shape index (κ1) is 14.2. The highest BCUT2D eigenvalue weighted by Gasteiger charge is 2.15. The van der Waals surface area contributed by atoms with Gasteiger partial charge in [-0.15, -0.1) is 11.3 Å². The summed E-state index contributed by atoms with van der Waals surface area (Å²) in [7, 11) is 0. The topological polar surface area (TPSA) is 37.8 Å². The van der Waals surface area contributed by atoms with Crippen LogP contribution in [-0.4, -0.2) is 16.5 Å². The third kappa shape index (κ3) is 3.39. The molecule has 0 amide bonds. The molecule has 0 fully saturated rings. The maximum atomic E-state index is 4.66. The van der Waals surface area contributed by atoms with Crippen LogP contribution in [0.5, 0.6) is 0 Å². The predicted molar refractivity (Wildman–Crippen MR) is 81.5 cm³/mol. The number of nitrogens with zero attached hydrogens (tertiary/aromatic N) is 2. The fourth-order valence-electron chi connectivity index (χ4n) is 1.97. The molecular weight excluding hydrogens is 254 g/mol. The minimum atomic E-state index is 0.358. The van der Waals surface area contributed by atoms with Crippen LogP contribution in [0, 0.1) is 13.8 Å². The van der Waals surface area contributed by atoms with Crippen LogP contribution in [0.1, 0.15) is 42.4 Å². The summed E-state index contributed by atoms with van der Waals surface area (Å²) in [5, 5.41) is 4.53. The van der Waals surface area contributed by atoms with Crippen molar-refractivity contribution in [2.75, 3.05) is 6.54 Å². The molecule has 2 heterocycles. The van der Waals surface area contributed by atoms with Crippen molar-refractivity contribution in [2.24, 2.45) is 0 Å².